The highest BCUT2D eigenvalue weighted by atomic mass is 16.7. The number of carboxylic acids is 1. The summed E-state index contributed by atoms with van der Waals surface area (Å²) in [5.74, 6) is -8.04. The van der Waals surface area contributed by atoms with Crippen LogP contribution in [-0.4, -0.2) is 139 Å². The SMILES string of the molecule is CO[C@@H]1[C@@H](C)[C@](O)([C@H](C)C(=O)O)OC([C@H](C)C2OC3(CC[C@@](C)(C4CC[C@@](C)(C5OC(C6O[C@](C)(O)[C@H](C)[C@@H](OC)[C@@H]6C)[C@H](OC)[C@@H]5C)O4)O3)C[C@H](OC)[C@H]2C)[C@@H]1C. The van der Waals surface area contributed by atoms with E-state index in [0.29, 0.717) is 19.3 Å². The molecule has 0 aromatic rings. The fourth-order valence-electron chi connectivity index (χ4n) is 12.5. The van der Waals surface area contributed by atoms with Crippen LogP contribution in [0.1, 0.15) is 108 Å². The predicted octanol–water partition coefficient (Wildman–Crippen LogP) is 5.17. The van der Waals surface area contributed by atoms with Crippen LogP contribution in [0.4, 0.5) is 0 Å². The summed E-state index contributed by atoms with van der Waals surface area (Å²) in [6, 6.07) is 0. The molecule has 23 atom stereocenters. The Morgan fingerprint density at radius 2 is 1.28 bits per heavy atom. The van der Waals surface area contributed by atoms with Crippen molar-refractivity contribution in [2.45, 2.75) is 198 Å². The molecule has 6 rings (SSSR count). The maximum Gasteiger partial charge on any atom is 0.311 e. The van der Waals surface area contributed by atoms with E-state index in [2.05, 4.69) is 34.6 Å². The van der Waals surface area contributed by atoms with E-state index in [1.807, 2.05) is 20.8 Å². The Balaban J connectivity index is 1.19. The molecule has 0 saturated carbocycles. The summed E-state index contributed by atoms with van der Waals surface area (Å²) in [4.78, 5) is 12.2. The van der Waals surface area contributed by atoms with E-state index < -0.39 is 76.9 Å². The highest BCUT2D eigenvalue weighted by molar-refractivity contribution is 5.70. The number of aliphatic carboxylic acids is 1. The van der Waals surface area contributed by atoms with E-state index in [4.69, 9.17) is 47.4 Å². The topological polar surface area (TPSA) is 170 Å². The summed E-state index contributed by atoms with van der Waals surface area (Å²) in [6.45, 7) is 21.6. The Kier molecular flexibility index (Phi) is 13.3. The van der Waals surface area contributed by atoms with Gasteiger partial charge in [-0.15, -0.1) is 0 Å². The molecule has 6 fully saturated rings. The average Bonchev–Trinajstić information content (AvgIpc) is 3.85. The van der Waals surface area contributed by atoms with E-state index in [0.717, 1.165) is 12.8 Å². The number of methoxy groups -OCH3 is 4. The largest absolute Gasteiger partial charge is 0.481 e. The van der Waals surface area contributed by atoms with Gasteiger partial charge in [0.2, 0.25) is 0 Å². The molecular formula is C44H76O14. The summed E-state index contributed by atoms with van der Waals surface area (Å²) < 4.78 is 65.4. The minimum atomic E-state index is -1.95. The number of carbonyl (C=O) groups is 1. The molecule has 58 heavy (non-hydrogen) atoms. The lowest BCUT2D eigenvalue weighted by molar-refractivity contribution is -0.366. The fraction of sp³-hybridized carbons (Fsp3) is 0.977. The predicted molar refractivity (Wildman–Crippen MR) is 212 cm³/mol. The first-order valence-corrected chi connectivity index (χ1v) is 21.8. The molecule has 6 saturated heterocycles. The molecule has 336 valence electrons. The number of ether oxygens (including phenoxy) is 10. The van der Waals surface area contributed by atoms with Crippen molar-refractivity contribution < 1.29 is 67.5 Å². The Labute approximate surface area is 346 Å². The number of hydrogen-bond donors (Lipinski definition) is 3. The third kappa shape index (κ3) is 7.62. The summed E-state index contributed by atoms with van der Waals surface area (Å²) in [5.41, 5.74) is -1.32. The quantitative estimate of drug-likeness (QED) is 0.249. The fourth-order valence-corrected chi connectivity index (χ4v) is 12.5. The van der Waals surface area contributed by atoms with Crippen LogP contribution in [0.3, 0.4) is 0 Å². The Hall–Kier alpha value is -1.01. The van der Waals surface area contributed by atoms with Gasteiger partial charge in [0.05, 0.1) is 66.1 Å². The van der Waals surface area contributed by atoms with E-state index in [1.54, 1.807) is 42.3 Å². The van der Waals surface area contributed by atoms with E-state index in [1.165, 1.54) is 6.92 Å². The third-order valence-electron chi connectivity index (χ3n) is 16.3. The van der Waals surface area contributed by atoms with Gasteiger partial charge in [0.1, 0.15) is 12.0 Å². The standard InChI is InChI=1S/C44H76O14/c1-21-29(49-12)20-43(56-31(21)22(2)32-23(3)34(51-14)27(7)44(48,57-32)28(8)39(45)46)19-18-40(9,58-43)30-16-17-41(10,54-30)38-25(5)35(52-15)37(53-38)36-24(4)33(50-13)26(6)42(11,47)55-36/h21-38,47-48H,16-20H2,1-15H3,(H,45,46)/t21-,22-,23+,24+,25+,26-,27-,28-,29+,30?,31?,32?,33+,34+,35-,36?,37?,38?,40+,41+,42+,43?,44-/m1/s1. The molecule has 6 aliphatic rings. The molecular weight excluding hydrogens is 752 g/mol. The number of hydrogen-bond acceptors (Lipinski definition) is 13. The van der Waals surface area contributed by atoms with Gasteiger partial charge in [-0.1, -0.05) is 48.5 Å². The van der Waals surface area contributed by atoms with Gasteiger partial charge in [-0.2, -0.15) is 0 Å². The van der Waals surface area contributed by atoms with Crippen LogP contribution >= 0.6 is 0 Å². The molecule has 1 spiro atoms. The van der Waals surface area contributed by atoms with Crippen molar-refractivity contribution in [3.63, 3.8) is 0 Å². The molecule has 6 aliphatic heterocycles. The normalized spacial score (nSPS) is 54.8. The van der Waals surface area contributed by atoms with Gasteiger partial charge < -0.3 is 62.7 Å². The van der Waals surface area contributed by atoms with E-state index in [-0.39, 0.29) is 66.0 Å². The second kappa shape index (κ2) is 16.6. The van der Waals surface area contributed by atoms with Crippen LogP contribution in [0, 0.1) is 47.3 Å². The van der Waals surface area contributed by atoms with Gasteiger partial charge in [-0.3, -0.25) is 4.79 Å². The Bertz CT molecular complexity index is 1450. The number of rotatable bonds is 11. The molecule has 0 aromatic carbocycles. The second-order valence-electron chi connectivity index (χ2n) is 19.9. The van der Waals surface area contributed by atoms with Crippen LogP contribution < -0.4 is 0 Å². The number of aliphatic hydroxyl groups is 2. The summed E-state index contributed by atoms with van der Waals surface area (Å²) in [6.07, 6.45) is -0.175. The first-order valence-electron chi connectivity index (χ1n) is 21.8. The summed E-state index contributed by atoms with van der Waals surface area (Å²) >= 11 is 0. The Morgan fingerprint density at radius 3 is 1.86 bits per heavy atom. The van der Waals surface area contributed by atoms with Crippen LogP contribution in [0.25, 0.3) is 0 Å². The van der Waals surface area contributed by atoms with Gasteiger partial charge in [-0.05, 0) is 47.0 Å². The minimum absolute atomic E-state index is 0.0300. The maximum absolute atomic E-state index is 12.2. The lowest BCUT2D eigenvalue weighted by Crippen LogP contribution is -2.65. The zero-order chi connectivity index (χ0) is 43.1. The average molecular weight is 829 g/mol. The number of carboxylic acid groups (broad SMARTS) is 1. The first kappa shape index (κ1) is 46.5. The van der Waals surface area contributed by atoms with Gasteiger partial charge in [-0.25, -0.2) is 0 Å². The summed E-state index contributed by atoms with van der Waals surface area (Å²) in [7, 11) is 6.70. The highest BCUT2D eigenvalue weighted by Gasteiger charge is 2.64. The monoisotopic (exact) mass is 829 g/mol. The third-order valence-corrected chi connectivity index (χ3v) is 16.3. The van der Waals surface area contributed by atoms with Crippen molar-refractivity contribution in [2.75, 3.05) is 28.4 Å². The molecule has 0 bridgehead atoms. The zero-order valence-corrected chi connectivity index (χ0v) is 37.8. The summed E-state index contributed by atoms with van der Waals surface area (Å²) in [5, 5.41) is 33.1. The molecule has 3 N–H and O–H groups in total. The molecule has 6 heterocycles. The van der Waals surface area contributed by atoms with Crippen LogP contribution in [0.5, 0.6) is 0 Å². The molecule has 0 aromatic heterocycles. The second-order valence-corrected chi connectivity index (χ2v) is 19.9. The van der Waals surface area contributed by atoms with Crippen LogP contribution in [0.15, 0.2) is 0 Å². The van der Waals surface area contributed by atoms with Crippen molar-refractivity contribution >= 4 is 5.97 Å². The lowest BCUT2D eigenvalue weighted by atomic mass is 9.71. The van der Waals surface area contributed by atoms with Crippen molar-refractivity contribution in [3.05, 3.63) is 0 Å². The Morgan fingerprint density at radius 1 is 0.672 bits per heavy atom. The van der Waals surface area contributed by atoms with Crippen molar-refractivity contribution in [1.29, 1.82) is 0 Å². The van der Waals surface area contributed by atoms with Crippen molar-refractivity contribution in [2.24, 2.45) is 47.3 Å². The van der Waals surface area contributed by atoms with Crippen molar-refractivity contribution in [1.82, 2.24) is 0 Å². The van der Waals surface area contributed by atoms with Gasteiger partial charge in [0, 0.05) is 82.7 Å². The van der Waals surface area contributed by atoms with Gasteiger partial charge in [0.25, 0.3) is 0 Å². The molecule has 0 radical (unpaired) electrons. The van der Waals surface area contributed by atoms with Gasteiger partial charge in [0.15, 0.2) is 17.4 Å². The van der Waals surface area contributed by atoms with E-state index >= 15 is 0 Å². The zero-order valence-electron chi connectivity index (χ0n) is 37.8. The minimum Gasteiger partial charge on any atom is -0.481 e. The van der Waals surface area contributed by atoms with Crippen LogP contribution in [-0.2, 0) is 52.2 Å². The maximum atomic E-state index is 12.2. The van der Waals surface area contributed by atoms with E-state index in [9.17, 15) is 20.1 Å². The molecule has 14 nitrogen and oxygen atoms in total. The smallest absolute Gasteiger partial charge is 0.311 e. The first-order chi connectivity index (χ1) is 27.0. The molecule has 0 amide bonds. The highest BCUT2D eigenvalue weighted by Crippen LogP contribution is 2.55. The molecule has 14 heteroatoms. The van der Waals surface area contributed by atoms with Crippen molar-refractivity contribution in [3.8, 4) is 0 Å². The molecule has 0 aliphatic carbocycles. The molecule has 7 unspecified atom stereocenters. The van der Waals surface area contributed by atoms with Gasteiger partial charge >= 0.3 is 5.97 Å². The lowest BCUT2D eigenvalue weighted by Gasteiger charge is -2.55. The van der Waals surface area contributed by atoms with Crippen LogP contribution in [0.2, 0.25) is 0 Å².